The third kappa shape index (κ3) is 3.66. The van der Waals surface area contributed by atoms with Crippen molar-refractivity contribution in [3.8, 4) is 0 Å². The minimum Gasteiger partial charge on any atom is -0.356 e. The topological polar surface area (TPSA) is 78.1 Å². The summed E-state index contributed by atoms with van der Waals surface area (Å²) in [6.45, 7) is 0.472. The van der Waals surface area contributed by atoms with E-state index >= 15 is 0 Å². The fourth-order valence-corrected chi connectivity index (χ4v) is 4.16. The van der Waals surface area contributed by atoms with Crippen molar-refractivity contribution >= 4 is 17.5 Å². The lowest BCUT2D eigenvalue weighted by molar-refractivity contribution is -0.129. The van der Waals surface area contributed by atoms with Gasteiger partial charge in [-0.1, -0.05) is 48.5 Å². The standard InChI is InChI=1S/C23H24N4O2/c1-27-19-10-6-5-9-18(19)23(22(27)29,15-17-7-3-2-4-8-17)16-21(28)26-12-11-20-24-13-14-25-20/h2-10,13-14H,11-12,15-16H2,1H3,(H,24,25)(H,26,28)/t23-/m1/s1. The summed E-state index contributed by atoms with van der Waals surface area (Å²) < 4.78 is 0. The van der Waals surface area contributed by atoms with Crippen LogP contribution in [0.4, 0.5) is 5.69 Å². The molecule has 1 aromatic heterocycles. The van der Waals surface area contributed by atoms with Crippen LogP contribution in [-0.2, 0) is 27.8 Å². The number of carbonyl (C=O) groups excluding carboxylic acids is 2. The van der Waals surface area contributed by atoms with E-state index in [1.807, 2.05) is 54.6 Å². The van der Waals surface area contributed by atoms with Crippen molar-refractivity contribution in [2.75, 3.05) is 18.5 Å². The molecule has 1 aliphatic rings. The molecule has 1 atom stereocenters. The van der Waals surface area contributed by atoms with Crippen molar-refractivity contribution in [3.05, 3.63) is 83.9 Å². The van der Waals surface area contributed by atoms with Crippen LogP contribution >= 0.6 is 0 Å². The number of nitrogens with zero attached hydrogens (tertiary/aromatic N) is 2. The Balaban J connectivity index is 1.59. The van der Waals surface area contributed by atoms with Gasteiger partial charge in [-0.05, 0) is 23.6 Å². The molecule has 0 fully saturated rings. The lowest BCUT2D eigenvalue weighted by atomic mass is 9.73. The molecule has 0 saturated carbocycles. The van der Waals surface area contributed by atoms with Crippen molar-refractivity contribution in [1.29, 1.82) is 0 Å². The van der Waals surface area contributed by atoms with Gasteiger partial charge in [0.25, 0.3) is 0 Å². The average molecular weight is 388 g/mol. The number of aromatic amines is 1. The predicted molar refractivity (Wildman–Crippen MR) is 112 cm³/mol. The number of anilines is 1. The number of imidazole rings is 1. The summed E-state index contributed by atoms with van der Waals surface area (Å²) in [4.78, 5) is 35.2. The third-order valence-corrected chi connectivity index (χ3v) is 5.54. The van der Waals surface area contributed by atoms with Crippen molar-refractivity contribution in [2.24, 2.45) is 0 Å². The van der Waals surface area contributed by atoms with Gasteiger partial charge in [-0.2, -0.15) is 0 Å². The Morgan fingerprint density at radius 3 is 2.66 bits per heavy atom. The van der Waals surface area contributed by atoms with Gasteiger partial charge in [0.05, 0.1) is 5.41 Å². The monoisotopic (exact) mass is 388 g/mol. The fraction of sp³-hybridized carbons (Fsp3) is 0.261. The second kappa shape index (κ2) is 7.91. The summed E-state index contributed by atoms with van der Waals surface area (Å²) in [6.07, 6.45) is 4.67. The van der Waals surface area contributed by atoms with Crippen LogP contribution in [0, 0.1) is 0 Å². The normalized spacial score (nSPS) is 18.0. The second-order valence-corrected chi connectivity index (χ2v) is 7.44. The Bertz CT molecular complexity index is 1000. The largest absolute Gasteiger partial charge is 0.356 e. The average Bonchev–Trinajstić information content (AvgIpc) is 3.32. The lowest BCUT2D eigenvalue weighted by Crippen LogP contribution is -2.44. The molecule has 0 spiro atoms. The van der Waals surface area contributed by atoms with Gasteiger partial charge < -0.3 is 15.2 Å². The third-order valence-electron chi connectivity index (χ3n) is 5.54. The lowest BCUT2D eigenvalue weighted by Gasteiger charge is -2.28. The Kier molecular flexibility index (Phi) is 5.16. The maximum absolute atomic E-state index is 13.4. The van der Waals surface area contributed by atoms with Crippen LogP contribution in [0.25, 0.3) is 0 Å². The number of hydrogen-bond donors (Lipinski definition) is 2. The number of nitrogens with one attached hydrogen (secondary N) is 2. The Labute approximate surface area is 170 Å². The predicted octanol–water partition coefficient (Wildman–Crippen LogP) is 2.62. The molecule has 6 nitrogen and oxygen atoms in total. The molecule has 0 unspecified atom stereocenters. The number of para-hydroxylation sites is 1. The van der Waals surface area contributed by atoms with E-state index in [0.717, 1.165) is 22.6 Å². The van der Waals surface area contributed by atoms with E-state index in [-0.39, 0.29) is 18.2 Å². The number of aromatic nitrogens is 2. The molecule has 0 bridgehead atoms. The van der Waals surface area contributed by atoms with Crippen LogP contribution in [0.1, 0.15) is 23.4 Å². The Hall–Kier alpha value is -3.41. The minimum atomic E-state index is -0.901. The number of fused-ring (bicyclic) bond motifs is 1. The highest BCUT2D eigenvalue weighted by atomic mass is 16.2. The minimum absolute atomic E-state index is 0.0382. The highest BCUT2D eigenvalue weighted by Crippen LogP contribution is 2.45. The summed E-state index contributed by atoms with van der Waals surface area (Å²) in [5.74, 6) is 0.654. The van der Waals surface area contributed by atoms with Gasteiger partial charge in [0.1, 0.15) is 5.82 Å². The van der Waals surface area contributed by atoms with Crippen molar-refractivity contribution in [3.63, 3.8) is 0 Å². The summed E-state index contributed by atoms with van der Waals surface area (Å²) in [5, 5.41) is 2.95. The molecular formula is C23H24N4O2. The van der Waals surface area contributed by atoms with Gasteiger partial charge in [-0.15, -0.1) is 0 Å². The Morgan fingerprint density at radius 2 is 1.90 bits per heavy atom. The van der Waals surface area contributed by atoms with Gasteiger partial charge >= 0.3 is 0 Å². The van der Waals surface area contributed by atoms with Crippen molar-refractivity contribution in [1.82, 2.24) is 15.3 Å². The number of likely N-dealkylation sites (N-methyl/N-ethyl adjacent to an activating group) is 1. The number of benzene rings is 2. The number of rotatable bonds is 7. The van der Waals surface area contributed by atoms with Crippen LogP contribution in [0.2, 0.25) is 0 Å². The molecule has 2 amide bonds. The van der Waals surface area contributed by atoms with E-state index in [1.165, 1.54) is 0 Å². The summed E-state index contributed by atoms with van der Waals surface area (Å²) in [7, 11) is 1.78. The van der Waals surface area contributed by atoms with Gasteiger partial charge in [-0.25, -0.2) is 4.98 Å². The first-order chi connectivity index (χ1) is 14.1. The zero-order valence-electron chi connectivity index (χ0n) is 16.4. The number of carbonyl (C=O) groups is 2. The molecule has 2 N–H and O–H groups in total. The highest BCUT2D eigenvalue weighted by Gasteiger charge is 2.50. The molecule has 4 rings (SSSR count). The first kappa shape index (κ1) is 18.9. The number of amides is 2. The zero-order chi connectivity index (χ0) is 20.3. The van der Waals surface area contributed by atoms with E-state index in [9.17, 15) is 9.59 Å². The maximum Gasteiger partial charge on any atom is 0.238 e. The summed E-state index contributed by atoms with van der Waals surface area (Å²) in [6, 6.07) is 17.6. The van der Waals surface area contributed by atoms with E-state index in [4.69, 9.17) is 0 Å². The molecule has 29 heavy (non-hydrogen) atoms. The van der Waals surface area contributed by atoms with Gasteiger partial charge in [0, 0.05) is 44.5 Å². The fourth-order valence-electron chi connectivity index (χ4n) is 4.16. The quantitative estimate of drug-likeness (QED) is 0.653. The van der Waals surface area contributed by atoms with Crippen LogP contribution in [0.5, 0.6) is 0 Å². The highest BCUT2D eigenvalue weighted by molar-refractivity contribution is 6.09. The van der Waals surface area contributed by atoms with Gasteiger partial charge in [0.2, 0.25) is 11.8 Å². The summed E-state index contributed by atoms with van der Waals surface area (Å²) >= 11 is 0. The first-order valence-electron chi connectivity index (χ1n) is 9.77. The number of hydrogen-bond acceptors (Lipinski definition) is 3. The van der Waals surface area contributed by atoms with Crippen LogP contribution in [-0.4, -0.2) is 35.4 Å². The van der Waals surface area contributed by atoms with E-state index in [1.54, 1.807) is 24.3 Å². The van der Waals surface area contributed by atoms with E-state index in [0.29, 0.717) is 19.4 Å². The van der Waals surface area contributed by atoms with Crippen LogP contribution in [0.15, 0.2) is 67.0 Å². The van der Waals surface area contributed by atoms with Crippen molar-refractivity contribution in [2.45, 2.75) is 24.7 Å². The second-order valence-electron chi connectivity index (χ2n) is 7.44. The van der Waals surface area contributed by atoms with Crippen LogP contribution in [0.3, 0.4) is 0 Å². The van der Waals surface area contributed by atoms with Gasteiger partial charge in [-0.3, -0.25) is 9.59 Å². The first-order valence-corrected chi connectivity index (χ1v) is 9.77. The SMILES string of the molecule is CN1C(=O)[C@@](CC(=O)NCCc2ncc[nH]2)(Cc2ccccc2)c2ccccc21. The van der Waals surface area contributed by atoms with Crippen LogP contribution < -0.4 is 10.2 Å². The molecule has 6 heteroatoms. The molecule has 0 saturated heterocycles. The molecular weight excluding hydrogens is 364 g/mol. The molecule has 3 aromatic rings. The molecule has 0 radical (unpaired) electrons. The Morgan fingerprint density at radius 1 is 1.14 bits per heavy atom. The molecule has 0 aliphatic carbocycles. The molecule has 1 aliphatic heterocycles. The number of H-pyrrole nitrogens is 1. The molecule has 148 valence electrons. The molecule has 2 aromatic carbocycles. The van der Waals surface area contributed by atoms with E-state index < -0.39 is 5.41 Å². The van der Waals surface area contributed by atoms with E-state index in [2.05, 4.69) is 15.3 Å². The smallest absolute Gasteiger partial charge is 0.238 e. The zero-order valence-corrected chi connectivity index (χ0v) is 16.4. The molecule has 2 heterocycles. The van der Waals surface area contributed by atoms with Crippen molar-refractivity contribution < 1.29 is 9.59 Å². The van der Waals surface area contributed by atoms with Gasteiger partial charge in [0.15, 0.2) is 0 Å². The summed E-state index contributed by atoms with van der Waals surface area (Å²) in [5.41, 5.74) is 1.92. The maximum atomic E-state index is 13.4.